The average Bonchev–Trinajstić information content (AvgIpc) is 2.48. The second-order valence-corrected chi connectivity index (χ2v) is 8.19. The van der Waals surface area contributed by atoms with Crippen molar-refractivity contribution in [2.24, 2.45) is 0 Å². The van der Waals surface area contributed by atoms with Gasteiger partial charge in [-0.1, -0.05) is 60.7 Å². The molecule has 4 heteroatoms. The van der Waals surface area contributed by atoms with E-state index in [0.717, 1.165) is 11.1 Å². The van der Waals surface area contributed by atoms with E-state index in [0.29, 0.717) is 0 Å². The molecule has 0 spiro atoms. The first kappa shape index (κ1) is 17.7. The number of sulfonamides is 1. The van der Waals surface area contributed by atoms with E-state index in [2.05, 4.69) is 0 Å². The summed E-state index contributed by atoms with van der Waals surface area (Å²) in [5.41, 5.74) is 1.59. The van der Waals surface area contributed by atoms with Gasteiger partial charge in [-0.3, -0.25) is 0 Å². The fourth-order valence-electron chi connectivity index (χ4n) is 3.10. The van der Waals surface area contributed by atoms with Gasteiger partial charge >= 0.3 is 0 Å². The highest BCUT2D eigenvalue weighted by molar-refractivity contribution is 7.89. The third-order valence-electron chi connectivity index (χ3n) is 3.81. The summed E-state index contributed by atoms with van der Waals surface area (Å²) in [6.07, 6.45) is 0. The fraction of sp³-hybridized carbons (Fsp3) is 0.368. The van der Waals surface area contributed by atoms with E-state index < -0.39 is 15.3 Å². The van der Waals surface area contributed by atoms with Gasteiger partial charge in [0, 0.05) is 12.1 Å². The van der Waals surface area contributed by atoms with E-state index >= 15 is 0 Å². The molecule has 0 aliphatic heterocycles. The summed E-state index contributed by atoms with van der Waals surface area (Å²) < 4.78 is 28.5. The minimum absolute atomic E-state index is 0.0880. The van der Waals surface area contributed by atoms with Crippen LogP contribution in [-0.2, 0) is 10.0 Å². The molecule has 3 nitrogen and oxygen atoms in total. The Bertz CT molecular complexity index is 662. The zero-order valence-corrected chi connectivity index (χ0v) is 15.0. The highest BCUT2D eigenvalue weighted by atomic mass is 32.2. The Morgan fingerprint density at radius 3 is 1.35 bits per heavy atom. The van der Waals surface area contributed by atoms with Crippen LogP contribution in [0.15, 0.2) is 60.7 Å². The first-order valence-electron chi connectivity index (χ1n) is 7.98. The summed E-state index contributed by atoms with van der Waals surface area (Å²) in [5.74, 6) is 0. The topological polar surface area (TPSA) is 37.4 Å². The average molecular weight is 331 g/mol. The lowest BCUT2D eigenvalue weighted by Gasteiger charge is -2.33. The maximum absolute atomic E-state index is 13.4. The Labute approximate surface area is 140 Å². The van der Waals surface area contributed by atoms with Crippen LogP contribution >= 0.6 is 0 Å². The predicted molar refractivity (Wildman–Crippen MR) is 95.8 cm³/mol. The van der Waals surface area contributed by atoms with Crippen molar-refractivity contribution in [1.82, 2.24) is 4.31 Å². The van der Waals surface area contributed by atoms with Crippen LogP contribution in [-0.4, -0.2) is 24.8 Å². The maximum Gasteiger partial charge on any atom is 0.225 e. The molecule has 124 valence electrons. The third-order valence-corrected chi connectivity index (χ3v) is 6.39. The smallest absolute Gasteiger partial charge is 0.211 e. The van der Waals surface area contributed by atoms with Crippen LogP contribution in [0.4, 0.5) is 0 Å². The third kappa shape index (κ3) is 3.82. The van der Waals surface area contributed by atoms with Crippen molar-refractivity contribution in [3.63, 3.8) is 0 Å². The fourth-order valence-corrected chi connectivity index (χ4v) is 5.52. The van der Waals surface area contributed by atoms with Crippen LogP contribution in [0.2, 0.25) is 0 Å². The molecule has 23 heavy (non-hydrogen) atoms. The number of benzene rings is 2. The van der Waals surface area contributed by atoms with Gasteiger partial charge in [0.25, 0.3) is 0 Å². The molecule has 0 aliphatic rings. The van der Waals surface area contributed by atoms with E-state index in [-0.39, 0.29) is 12.1 Å². The molecule has 2 aromatic rings. The monoisotopic (exact) mass is 331 g/mol. The van der Waals surface area contributed by atoms with Crippen molar-refractivity contribution in [1.29, 1.82) is 0 Å². The first-order valence-corrected chi connectivity index (χ1v) is 9.48. The molecular formula is C19H25NO2S. The minimum Gasteiger partial charge on any atom is -0.211 e. The standard InChI is InChI=1S/C19H25NO2S/c1-15(2)20(16(3)4)23(21,22)19(17-11-7-5-8-12-17)18-13-9-6-10-14-18/h5-16,19H,1-4H3. The Hall–Kier alpha value is -1.65. The lowest BCUT2D eigenvalue weighted by molar-refractivity contribution is 0.300. The van der Waals surface area contributed by atoms with E-state index in [1.165, 1.54) is 0 Å². The second kappa shape index (κ2) is 7.28. The van der Waals surface area contributed by atoms with Crippen molar-refractivity contribution in [2.45, 2.75) is 45.0 Å². The Morgan fingerprint density at radius 1 is 0.696 bits per heavy atom. The molecule has 0 bridgehead atoms. The predicted octanol–water partition coefficient (Wildman–Crippen LogP) is 4.22. The van der Waals surface area contributed by atoms with Crippen LogP contribution in [0.25, 0.3) is 0 Å². The molecule has 0 aliphatic carbocycles. The molecule has 0 fully saturated rings. The molecule has 0 heterocycles. The summed E-state index contributed by atoms with van der Waals surface area (Å²) >= 11 is 0. The van der Waals surface area contributed by atoms with Crippen molar-refractivity contribution < 1.29 is 8.42 Å². The zero-order valence-electron chi connectivity index (χ0n) is 14.2. The van der Waals surface area contributed by atoms with Crippen molar-refractivity contribution in [3.05, 3.63) is 71.8 Å². The van der Waals surface area contributed by atoms with E-state index in [1.807, 2.05) is 88.4 Å². The summed E-state index contributed by atoms with van der Waals surface area (Å²) in [6.45, 7) is 7.68. The van der Waals surface area contributed by atoms with Crippen molar-refractivity contribution >= 4 is 10.0 Å². The van der Waals surface area contributed by atoms with Gasteiger partial charge in [-0.05, 0) is 38.8 Å². The van der Waals surface area contributed by atoms with E-state index in [4.69, 9.17) is 0 Å². The summed E-state index contributed by atoms with van der Waals surface area (Å²) in [4.78, 5) is 0. The van der Waals surface area contributed by atoms with Gasteiger partial charge < -0.3 is 0 Å². The summed E-state index contributed by atoms with van der Waals surface area (Å²) in [6, 6.07) is 18.7. The molecule has 2 rings (SSSR count). The summed E-state index contributed by atoms with van der Waals surface area (Å²) in [7, 11) is -3.53. The first-order chi connectivity index (χ1) is 10.9. The van der Waals surface area contributed by atoms with Crippen molar-refractivity contribution in [2.75, 3.05) is 0 Å². The lowest BCUT2D eigenvalue weighted by Crippen LogP contribution is -2.44. The molecule has 0 radical (unpaired) electrons. The Balaban J connectivity index is 2.62. The number of rotatable bonds is 6. The van der Waals surface area contributed by atoms with Gasteiger partial charge in [0.05, 0.1) is 0 Å². The maximum atomic E-state index is 13.4. The quantitative estimate of drug-likeness (QED) is 0.794. The SMILES string of the molecule is CC(C)N(C(C)C)S(=O)(=O)C(c1ccccc1)c1ccccc1. The largest absolute Gasteiger partial charge is 0.225 e. The van der Waals surface area contributed by atoms with Crippen LogP contribution < -0.4 is 0 Å². The van der Waals surface area contributed by atoms with Gasteiger partial charge in [0.1, 0.15) is 5.25 Å². The highest BCUT2D eigenvalue weighted by Gasteiger charge is 2.37. The molecule has 0 saturated carbocycles. The Morgan fingerprint density at radius 2 is 1.04 bits per heavy atom. The molecule has 0 unspecified atom stereocenters. The number of hydrogen-bond donors (Lipinski definition) is 0. The van der Waals surface area contributed by atoms with Crippen molar-refractivity contribution in [3.8, 4) is 0 Å². The molecule has 0 atom stereocenters. The highest BCUT2D eigenvalue weighted by Crippen LogP contribution is 2.34. The van der Waals surface area contributed by atoms with Crippen LogP contribution in [0.5, 0.6) is 0 Å². The van der Waals surface area contributed by atoms with Gasteiger partial charge in [-0.15, -0.1) is 0 Å². The van der Waals surface area contributed by atoms with Gasteiger partial charge in [0.15, 0.2) is 0 Å². The van der Waals surface area contributed by atoms with Crippen LogP contribution in [0.3, 0.4) is 0 Å². The van der Waals surface area contributed by atoms with E-state index in [9.17, 15) is 8.42 Å². The molecule has 0 amide bonds. The van der Waals surface area contributed by atoms with Crippen LogP contribution in [0.1, 0.15) is 44.1 Å². The van der Waals surface area contributed by atoms with Gasteiger partial charge in [0.2, 0.25) is 10.0 Å². The normalized spacial score (nSPS) is 12.5. The molecular weight excluding hydrogens is 306 g/mol. The zero-order chi connectivity index (χ0) is 17.0. The molecule has 0 saturated heterocycles. The second-order valence-electron chi connectivity index (χ2n) is 6.26. The lowest BCUT2D eigenvalue weighted by atomic mass is 10.0. The summed E-state index contributed by atoms with van der Waals surface area (Å²) in [5, 5.41) is -0.685. The van der Waals surface area contributed by atoms with Crippen LogP contribution in [0, 0.1) is 0 Å². The van der Waals surface area contributed by atoms with Gasteiger partial charge in [-0.2, -0.15) is 4.31 Å². The number of hydrogen-bond acceptors (Lipinski definition) is 2. The molecule has 0 N–H and O–H groups in total. The number of nitrogens with zero attached hydrogens (tertiary/aromatic N) is 1. The Kier molecular flexibility index (Phi) is 5.60. The van der Waals surface area contributed by atoms with E-state index in [1.54, 1.807) is 4.31 Å². The van der Waals surface area contributed by atoms with Gasteiger partial charge in [-0.25, -0.2) is 8.42 Å². The molecule has 2 aromatic carbocycles. The minimum atomic E-state index is -3.53. The molecule has 0 aromatic heterocycles.